The van der Waals surface area contributed by atoms with Crippen molar-refractivity contribution < 1.29 is 22.7 Å². The zero-order chi connectivity index (χ0) is 20.0. The smallest absolute Gasteiger partial charge is 0.417 e. The van der Waals surface area contributed by atoms with Gasteiger partial charge in [0.05, 0.1) is 11.3 Å². The van der Waals surface area contributed by atoms with E-state index in [1.165, 1.54) is 6.07 Å². The first-order valence-corrected chi connectivity index (χ1v) is 8.85. The van der Waals surface area contributed by atoms with Crippen LogP contribution in [0.15, 0.2) is 18.3 Å². The van der Waals surface area contributed by atoms with Gasteiger partial charge in [-0.2, -0.15) is 17.9 Å². The Balaban J connectivity index is 2.03. The Bertz CT molecular complexity index is 793. The molecular weight excluding hydrogens is 385 g/mol. The number of hydrogen-bond acceptors (Lipinski definition) is 4. The fourth-order valence-electron chi connectivity index (χ4n) is 2.28. The van der Waals surface area contributed by atoms with Crippen molar-refractivity contribution in [2.45, 2.75) is 45.7 Å². The second-order valence-electron chi connectivity index (χ2n) is 5.94. The number of amides is 1. The standard InChI is InChI=1S/C17H20ClF3N4O2/c1-3-4-5-6-7-22-16(26)25-11(2)8-14(24-25)27-15-13(18)9-12(10-23-15)17(19,20)21/h8-10H,3-7H2,1-2H3,(H,22,26). The molecule has 0 aliphatic heterocycles. The Morgan fingerprint density at radius 2 is 2.04 bits per heavy atom. The molecular formula is C17H20ClF3N4O2. The van der Waals surface area contributed by atoms with Crippen LogP contribution in [0, 0.1) is 6.92 Å². The van der Waals surface area contributed by atoms with Crippen LogP contribution in [0.1, 0.15) is 43.9 Å². The fourth-order valence-corrected chi connectivity index (χ4v) is 2.48. The number of nitrogens with one attached hydrogen (secondary N) is 1. The van der Waals surface area contributed by atoms with Crippen LogP contribution in [0.4, 0.5) is 18.0 Å². The predicted molar refractivity (Wildman–Crippen MR) is 94.2 cm³/mol. The van der Waals surface area contributed by atoms with Gasteiger partial charge in [-0.3, -0.25) is 0 Å². The molecule has 10 heteroatoms. The van der Waals surface area contributed by atoms with Gasteiger partial charge in [-0.15, -0.1) is 5.10 Å². The average Bonchev–Trinajstić information content (AvgIpc) is 2.96. The minimum Gasteiger partial charge on any atom is -0.417 e. The summed E-state index contributed by atoms with van der Waals surface area (Å²) in [4.78, 5) is 15.7. The van der Waals surface area contributed by atoms with E-state index >= 15 is 0 Å². The average molecular weight is 405 g/mol. The van der Waals surface area contributed by atoms with Crippen LogP contribution in [0.25, 0.3) is 0 Å². The number of rotatable bonds is 7. The summed E-state index contributed by atoms with van der Waals surface area (Å²) in [5.74, 6) is -0.225. The monoisotopic (exact) mass is 404 g/mol. The molecule has 0 aliphatic carbocycles. The van der Waals surface area contributed by atoms with Crippen molar-refractivity contribution in [1.82, 2.24) is 20.1 Å². The van der Waals surface area contributed by atoms with Gasteiger partial charge in [-0.1, -0.05) is 37.8 Å². The largest absolute Gasteiger partial charge is 0.417 e. The van der Waals surface area contributed by atoms with Gasteiger partial charge in [0.15, 0.2) is 0 Å². The first-order valence-electron chi connectivity index (χ1n) is 8.47. The number of pyridine rings is 1. The summed E-state index contributed by atoms with van der Waals surface area (Å²) in [5, 5.41) is 6.44. The molecule has 0 unspecified atom stereocenters. The van der Waals surface area contributed by atoms with Crippen LogP contribution in [-0.2, 0) is 6.18 Å². The van der Waals surface area contributed by atoms with Crippen LogP contribution in [-0.4, -0.2) is 27.3 Å². The van der Waals surface area contributed by atoms with Gasteiger partial charge in [0, 0.05) is 18.8 Å². The van der Waals surface area contributed by atoms with Crippen LogP contribution in [0.2, 0.25) is 5.02 Å². The summed E-state index contributed by atoms with van der Waals surface area (Å²) >= 11 is 5.80. The van der Waals surface area contributed by atoms with Gasteiger partial charge >= 0.3 is 12.2 Å². The number of ether oxygens (including phenoxy) is 1. The van der Waals surface area contributed by atoms with E-state index in [1.807, 2.05) is 0 Å². The zero-order valence-electron chi connectivity index (χ0n) is 14.9. The Hall–Kier alpha value is -2.29. The Kier molecular flexibility index (Phi) is 7.06. The van der Waals surface area contributed by atoms with Gasteiger partial charge in [-0.25, -0.2) is 9.78 Å². The third-order valence-corrected chi connectivity index (χ3v) is 3.97. The number of carbonyl (C=O) groups excluding carboxylic acids is 1. The van der Waals surface area contributed by atoms with Gasteiger partial charge < -0.3 is 10.1 Å². The number of halogens is 4. The predicted octanol–water partition coefficient (Wildman–Crippen LogP) is 5.19. The maximum absolute atomic E-state index is 12.6. The molecule has 148 valence electrons. The quantitative estimate of drug-likeness (QED) is 0.645. The van der Waals surface area contributed by atoms with Gasteiger partial charge in [0.1, 0.15) is 5.02 Å². The molecule has 0 saturated carbocycles. The number of unbranched alkanes of at least 4 members (excludes halogenated alkanes) is 3. The lowest BCUT2D eigenvalue weighted by molar-refractivity contribution is -0.137. The zero-order valence-corrected chi connectivity index (χ0v) is 15.7. The third kappa shape index (κ3) is 5.85. The molecule has 27 heavy (non-hydrogen) atoms. The minimum atomic E-state index is -4.55. The van der Waals surface area contributed by atoms with Crippen molar-refractivity contribution in [2.75, 3.05) is 6.54 Å². The number of alkyl halides is 3. The minimum absolute atomic E-state index is 0.00258. The number of aromatic nitrogens is 3. The lowest BCUT2D eigenvalue weighted by Gasteiger charge is -2.08. The van der Waals surface area contributed by atoms with Crippen molar-refractivity contribution >= 4 is 17.6 Å². The number of aryl methyl sites for hydroxylation is 1. The SMILES string of the molecule is CCCCCCNC(=O)n1nc(Oc2ncc(C(F)(F)F)cc2Cl)cc1C. The summed E-state index contributed by atoms with van der Waals surface area (Å²) in [6.45, 7) is 4.28. The molecule has 0 atom stereocenters. The molecule has 0 aliphatic rings. The van der Waals surface area contributed by atoms with Crippen LogP contribution < -0.4 is 10.1 Å². The van der Waals surface area contributed by atoms with Crippen molar-refractivity contribution in [1.29, 1.82) is 0 Å². The van der Waals surface area contributed by atoms with Crippen molar-refractivity contribution in [3.8, 4) is 11.8 Å². The first kappa shape index (κ1) is 21.0. The fraction of sp³-hybridized carbons (Fsp3) is 0.471. The molecule has 2 aromatic rings. The lowest BCUT2D eigenvalue weighted by Crippen LogP contribution is -2.30. The number of carbonyl (C=O) groups is 1. The third-order valence-electron chi connectivity index (χ3n) is 3.70. The maximum atomic E-state index is 12.6. The van der Waals surface area contributed by atoms with Crippen LogP contribution in [0.3, 0.4) is 0 Å². The van der Waals surface area contributed by atoms with E-state index < -0.39 is 17.8 Å². The van der Waals surface area contributed by atoms with Gasteiger partial charge in [0.25, 0.3) is 0 Å². The molecule has 1 amide bonds. The number of hydrogen-bond donors (Lipinski definition) is 1. The number of nitrogens with zero attached hydrogens (tertiary/aromatic N) is 3. The lowest BCUT2D eigenvalue weighted by atomic mass is 10.2. The van der Waals surface area contributed by atoms with Crippen molar-refractivity contribution in [2.24, 2.45) is 0 Å². The van der Waals surface area contributed by atoms with E-state index in [2.05, 4.69) is 22.3 Å². The molecule has 2 rings (SSSR count). The molecule has 6 nitrogen and oxygen atoms in total. The molecule has 0 fully saturated rings. The second-order valence-corrected chi connectivity index (χ2v) is 6.35. The highest BCUT2D eigenvalue weighted by molar-refractivity contribution is 6.31. The summed E-state index contributed by atoms with van der Waals surface area (Å²) in [7, 11) is 0. The molecule has 0 spiro atoms. The molecule has 0 radical (unpaired) electrons. The van der Waals surface area contributed by atoms with E-state index in [0.29, 0.717) is 18.4 Å². The van der Waals surface area contributed by atoms with Gasteiger partial charge in [0.2, 0.25) is 11.8 Å². The Morgan fingerprint density at radius 3 is 2.67 bits per heavy atom. The van der Waals surface area contributed by atoms with Crippen LogP contribution in [0.5, 0.6) is 11.8 Å². The summed E-state index contributed by atoms with van der Waals surface area (Å²) in [5.41, 5.74) is -0.483. The van der Waals surface area contributed by atoms with Crippen molar-refractivity contribution in [3.63, 3.8) is 0 Å². The first-order chi connectivity index (χ1) is 12.7. The van der Waals surface area contributed by atoms with E-state index in [0.717, 1.165) is 36.4 Å². The Labute approximate surface area is 159 Å². The molecule has 2 aromatic heterocycles. The molecule has 2 heterocycles. The van der Waals surface area contributed by atoms with Crippen molar-refractivity contribution in [3.05, 3.63) is 34.6 Å². The molecule has 0 bridgehead atoms. The summed E-state index contributed by atoms with van der Waals surface area (Å²) in [6.07, 6.45) is 0.176. The molecule has 1 N–H and O–H groups in total. The normalized spacial score (nSPS) is 11.5. The highest BCUT2D eigenvalue weighted by Gasteiger charge is 2.32. The highest BCUT2D eigenvalue weighted by Crippen LogP contribution is 2.34. The highest BCUT2D eigenvalue weighted by atomic mass is 35.5. The molecule has 0 aromatic carbocycles. The topological polar surface area (TPSA) is 69.0 Å². The maximum Gasteiger partial charge on any atom is 0.417 e. The second kappa shape index (κ2) is 9.07. The summed E-state index contributed by atoms with van der Waals surface area (Å²) in [6, 6.07) is 1.77. The van der Waals surface area contributed by atoms with E-state index in [4.69, 9.17) is 16.3 Å². The molecule has 0 saturated heterocycles. The van der Waals surface area contributed by atoms with E-state index in [1.54, 1.807) is 6.92 Å². The van der Waals surface area contributed by atoms with E-state index in [-0.39, 0.29) is 16.8 Å². The Morgan fingerprint density at radius 1 is 1.30 bits per heavy atom. The van der Waals surface area contributed by atoms with E-state index in [9.17, 15) is 18.0 Å². The summed E-state index contributed by atoms with van der Waals surface area (Å²) < 4.78 is 44.4. The van der Waals surface area contributed by atoms with Crippen LogP contribution >= 0.6 is 11.6 Å². The van der Waals surface area contributed by atoms with Gasteiger partial charge in [-0.05, 0) is 19.4 Å².